The molecule has 1 nitrogen and oxygen atoms in total. The van der Waals surface area contributed by atoms with Gasteiger partial charge in [0.1, 0.15) is 5.82 Å². The third kappa shape index (κ3) is 3.70. The molecule has 0 amide bonds. The zero-order valence-corrected chi connectivity index (χ0v) is 11.1. The van der Waals surface area contributed by atoms with Crippen molar-refractivity contribution in [3.8, 4) is 0 Å². The lowest BCUT2D eigenvalue weighted by atomic mass is 10.2. The normalized spacial score (nSPS) is 10.6. The van der Waals surface area contributed by atoms with Crippen molar-refractivity contribution in [3.05, 3.63) is 69.5 Å². The molecule has 94 valence electrons. The Labute approximate surface area is 116 Å². The van der Waals surface area contributed by atoms with Gasteiger partial charge in [0, 0.05) is 23.1 Å². The van der Waals surface area contributed by atoms with E-state index in [9.17, 15) is 4.39 Å². The van der Waals surface area contributed by atoms with Gasteiger partial charge in [-0.05, 0) is 41.5 Å². The first-order valence-electron chi connectivity index (χ1n) is 5.54. The number of hydrogen-bond donors (Lipinski definition) is 1. The highest BCUT2D eigenvalue weighted by atomic mass is 35.5. The van der Waals surface area contributed by atoms with E-state index in [2.05, 4.69) is 5.32 Å². The van der Waals surface area contributed by atoms with Gasteiger partial charge >= 0.3 is 0 Å². The maximum Gasteiger partial charge on any atom is 0.123 e. The van der Waals surface area contributed by atoms with Crippen LogP contribution in [0.15, 0.2) is 42.5 Å². The molecule has 0 aromatic heterocycles. The topological polar surface area (TPSA) is 12.0 Å². The van der Waals surface area contributed by atoms with Gasteiger partial charge in [-0.2, -0.15) is 0 Å². The van der Waals surface area contributed by atoms with E-state index in [4.69, 9.17) is 23.2 Å². The quantitative estimate of drug-likeness (QED) is 0.876. The van der Waals surface area contributed by atoms with E-state index >= 15 is 0 Å². The largest absolute Gasteiger partial charge is 0.309 e. The number of hydrogen-bond acceptors (Lipinski definition) is 1. The molecule has 0 saturated heterocycles. The molecule has 2 aromatic rings. The van der Waals surface area contributed by atoms with Gasteiger partial charge in [-0.15, -0.1) is 0 Å². The van der Waals surface area contributed by atoms with Crippen LogP contribution in [0, 0.1) is 5.82 Å². The second-order valence-corrected chi connectivity index (χ2v) is 4.81. The Bertz CT molecular complexity index is 526. The van der Waals surface area contributed by atoms with Crippen LogP contribution in [0.4, 0.5) is 4.39 Å². The monoisotopic (exact) mass is 283 g/mol. The van der Waals surface area contributed by atoms with Gasteiger partial charge in [0.25, 0.3) is 0 Å². The summed E-state index contributed by atoms with van der Waals surface area (Å²) in [5, 5.41) is 4.50. The van der Waals surface area contributed by atoms with Crippen LogP contribution in [0.2, 0.25) is 10.0 Å². The molecule has 0 spiro atoms. The van der Waals surface area contributed by atoms with Crippen molar-refractivity contribution in [3.63, 3.8) is 0 Å². The Balaban J connectivity index is 1.92. The maximum absolute atomic E-state index is 13.0. The molecule has 2 aromatic carbocycles. The third-order valence-electron chi connectivity index (χ3n) is 2.57. The van der Waals surface area contributed by atoms with Crippen LogP contribution in [-0.4, -0.2) is 0 Å². The second kappa shape index (κ2) is 6.19. The lowest BCUT2D eigenvalue weighted by molar-refractivity contribution is 0.620. The zero-order valence-electron chi connectivity index (χ0n) is 9.59. The molecule has 0 bridgehead atoms. The summed E-state index contributed by atoms with van der Waals surface area (Å²) in [6, 6.07) is 11.9. The fraction of sp³-hybridized carbons (Fsp3) is 0.143. The Kier molecular flexibility index (Phi) is 4.59. The molecular weight excluding hydrogens is 272 g/mol. The van der Waals surface area contributed by atoms with E-state index in [1.54, 1.807) is 6.07 Å². The summed E-state index contributed by atoms with van der Waals surface area (Å²) in [6.45, 7) is 1.21. The lowest BCUT2D eigenvalue weighted by Crippen LogP contribution is -2.13. The summed E-state index contributed by atoms with van der Waals surface area (Å²) in [4.78, 5) is 0. The van der Waals surface area contributed by atoms with E-state index in [0.29, 0.717) is 23.1 Å². The number of nitrogens with one attached hydrogen (secondary N) is 1. The molecule has 0 aliphatic heterocycles. The molecule has 0 heterocycles. The summed E-state index contributed by atoms with van der Waals surface area (Å²) in [6.07, 6.45) is 0. The van der Waals surface area contributed by atoms with Crippen LogP contribution >= 0.6 is 23.2 Å². The summed E-state index contributed by atoms with van der Waals surface area (Å²) in [7, 11) is 0. The maximum atomic E-state index is 13.0. The smallest absolute Gasteiger partial charge is 0.123 e. The van der Waals surface area contributed by atoms with Crippen LogP contribution in [0.3, 0.4) is 0 Å². The lowest BCUT2D eigenvalue weighted by Gasteiger charge is -2.07. The van der Waals surface area contributed by atoms with E-state index in [1.807, 2.05) is 24.3 Å². The SMILES string of the molecule is Fc1ccc(Cl)c(CNCc2ccc(Cl)cc2)c1. The van der Waals surface area contributed by atoms with Gasteiger partial charge < -0.3 is 5.32 Å². The van der Waals surface area contributed by atoms with Crippen LogP contribution in [0.5, 0.6) is 0 Å². The first kappa shape index (κ1) is 13.3. The van der Waals surface area contributed by atoms with Gasteiger partial charge in [0.05, 0.1) is 0 Å². The van der Waals surface area contributed by atoms with Gasteiger partial charge in [-0.25, -0.2) is 4.39 Å². The molecule has 0 saturated carbocycles. The predicted octanol–water partition coefficient (Wildman–Crippen LogP) is 4.42. The van der Waals surface area contributed by atoms with Crippen molar-refractivity contribution in [1.82, 2.24) is 5.32 Å². The van der Waals surface area contributed by atoms with Crippen molar-refractivity contribution < 1.29 is 4.39 Å². The molecule has 0 aliphatic carbocycles. The van der Waals surface area contributed by atoms with E-state index < -0.39 is 0 Å². The van der Waals surface area contributed by atoms with E-state index in [1.165, 1.54) is 12.1 Å². The molecule has 0 aliphatic rings. The summed E-state index contributed by atoms with van der Waals surface area (Å²) in [5.41, 5.74) is 1.87. The molecule has 0 unspecified atom stereocenters. The highest BCUT2D eigenvalue weighted by Gasteiger charge is 2.02. The average Bonchev–Trinajstić information content (AvgIpc) is 2.36. The van der Waals surface area contributed by atoms with Crippen molar-refractivity contribution >= 4 is 23.2 Å². The highest BCUT2D eigenvalue weighted by Crippen LogP contribution is 2.17. The van der Waals surface area contributed by atoms with Gasteiger partial charge in [0.2, 0.25) is 0 Å². The predicted molar refractivity (Wildman–Crippen MR) is 73.4 cm³/mol. The fourth-order valence-corrected chi connectivity index (χ4v) is 1.93. The molecular formula is C14H12Cl2FN. The van der Waals surface area contributed by atoms with Crippen molar-refractivity contribution in [2.24, 2.45) is 0 Å². The van der Waals surface area contributed by atoms with Gasteiger partial charge in [-0.1, -0.05) is 35.3 Å². The fourth-order valence-electron chi connectivity index (χ4n) is 1.62. The minimum Gasteiger partial charge on any atom is -0.309 e. The molecule has 0 radical (unpaired) electrons. The van der Waals surface area contributed by atoms with Crippen molar-refractivity contribution in [2.75, 3.05) is 0 Å². The minimum atomic E-state index is -0.275. The van der Waals surface area contributed by atoms with E-state index in [0.717, 1.165) is 11.1 Å². The standard InChI is InChI=1S/C14H12Cl2FN/c15-12-3-1-10(2-4-12)8-18-9-11-7-13(17)5-6-14(11)16/h1-7,18H,8-9H2. The molecule has 0 fully saturated rings. The third-order valence-corrected chi connectivity index (χ3v) is 3.19. The first-order valence-corrected chi connectivity index (χ1v) is 6.30. The molecule has 0 atom stereocenters. The van der Waals surface area contributed by atoms with Crippen LogP contribution in [0.1, 0.15) is 11.1 Å². The summed E-state index contributed by atoms with van der Waals surface area (Å²) >= 11 is 11.8. The zero-order chi connectivity index (χ0) is 13.0. The van der Waals surface area contributed by atoms with Crippen LogP contribution < -0.4 is 5.32 Å². The number of benzene rings is 2. The Morgan fingerprint density at radius 2 is 1.67 bits per heavy atom. The summed E-state index contributed by atoms with van der Waals surface area (Å²) in [5.74, 6) is -0.275. The molecule has 2 rings (SSSR count). The number of rotatable bonds is 4. The summed E-state index contributed by atoms with van der Waals surface area (Å²) < 4.78 is 13.0. The Morgan fingerprint density at radius 3 is 2.39 bits per heavy atom. The van der Waals surface area contributed by atoms with Gasteiger partial charge in [0.15, 0.2) is 0 Å². The molecule has 4 heteroatoms. The van der Waals surface area contributed by atoms with Crippen LogP contribution in [0.25, 0.3) is 0 Å². The average molecular weight is 284 g/mol. The van der Waals surface area contributed by atoms with Crippen molar-refractivity contribution in [2.45, 2.75) is 13.1 Å². The Hall–Kier alpha value is -1.09. The first-order chi connectivity index (χ1) is 8.65. The number of halogens is 3. The van der Waals surface area contributed by atoms with Crippen molar-refractivity contribution in [1.29, 1.82) is 0 Å². The Morgan fingerprint density at radius 1 is 0.944 bits per heavy atom. The second-order valence-electron chi connectivity index (χ2n) is 3.97. The molecule has 1 N–H and O–H groups in total. The minimum absolute atomic E-state index is 0.275. The van der Waals surface area contributed by atoms with Crippen LogP contribution in [-0.2, 0) is 13.1 Å². The van der Waals surface area contributed by atoms with Gasteiger partial charge in [-0.3, -0.25) is 0 Å². The highest BCUT2D eigenvalue weighted by molar-refractivity contribution is 6.31. The van der Waals surface area contributed by atoms with E-state index in [-0.39, 0.29) is 5.82 Å². The molecule has 18 heavy (non-hydrogen) atoms.